The number of rotatable bonds is 8. The van der Waals surface area contributed by atoms with Gasteiger partial charge >= 0.3 is 12.0 Å². The Hall–Kier alpha value is -3.11. The predicted octanol–water partition coefficient (Wildman–Crippen LogP) is 5.72. The molecule has 0 radical (unpaired) electrons. The van der Waals surface area contributed by atoms with E-state index < -0.39 is 37.2 Å². The minimum atomic E-state index is -3.50. The van der Waals surface area contributed by atoms with Crippen molar-refractivity contribution < 1.29 is 36.9 Å². The first-order valence-corrected chi connectivity index (χ1v) is 11.2. The molecule has 6 nitrogen and oxygen atoms in total. The van der Waals surface area contributed by atoms with Gasteiger partial charge in [0, 0.05) is 29.7 Å². The maximum absolute atomic E-state index is 16.4. The molecule has 0 spiro atoms. The van der Waals surface area contributed by atoms with Gasteiger partial charge in [0.15, 0.2) is 0 Å². The van der Waals surface area contributed by atoms with Gasteiger partial charge in [-0.3, -0.25) is 0 Å². The second kappa shape index (κ2) is 9.87. The molecule has 0 saturated carbocycles. The molecule has 4 rings (SSSR count). The molecule has 2 N–H and O–H groups in total. The van der Waals surface area contributed by atoms with Crippen LogP contribution in [-0.4, -0.2) is 53.8 Å². The van der Waals surface area contributed by atoms with Crippen LogP contribution in [0.4, 0.5) is 17.6 Å². The molecule has 188 valence electrons. The Morgan fingerprint density at radius 2 is 1.97 bits per heavy atom. The van der Waals surface area contributed by atoms with Gasteiger partial charge in [0.05, 0.1) is 24.3 Å². The number of aromatic carboxylic acids is 1. The number of benzene rings is 2. The average Bonchev–Trinajstić information content (AvgIpc) is 3.32. The number of nitrogens with zero attached hydrogens (tertiary/aromatic N) is 1. The number of piperidine rings is 1. The zero-order valence-corrected chi connectivity index (χ0v) is 19.2. The number of alkyl halides is 4. The van der Waals surface area contributed by atoms with E-state index in [4.69, 9.17) is 9.47 Å². The minimum absolute atomic E-state index is 0.0163. The number of methoxy groups -OCH3 is 1. The third kappa shape index (κ3) is 4.85. The van der Waals surface area contributed by atoms with E-state index in [0.29, 0.717) is 16.5 Å². The van der Waals surface area contributed by atoms with Gasteiger partial charge in [-0.2, -0.15) is 8.78 Å². The topological polar surface area (TPSA) is 74.8 Å². The van der Waals surface area contributed by atoms with E-state index in [1.807, 2.05) is 0 Å². The molecule has 1 saturated heterocycles. The molecule has 0 aliphatic carbocycles. The summed E-state index contributed by atoms with van der Waals surface area (Å²) in [6.45, 7) is 0.888. The van der Waals surface area contributed by atoms with Gasteiger partial charge in [0.2, 0.25) is 0 Å². The highest BCUT2D eigenvalue weighted by atomic mass is 19.3. The Bertz CT molecular complexity index is 1200. The number of hydrogen-bond donors (Lipinski definition) is 2. The number of aromatic nitrogens is 1. The lowest BCUT2D eigenvalue weighted by atomic mass is 9.90. The number of carbonyl (C=O) groups is 1. The summed E-state index contributed by atoms with van der Waals surface area (Å²) in [5.41, 5.74) is 1.49. The monoisotopic (exact) mass is 494 g/mol. The van der Waals surface area contributed by atoms with Gasteiger partial charge in [-0.1, -0.05) is 12.1 Å². The standard InChI is InChI=1S/C25H26F4N2O4/c1-14-11-20(34-2)22(18-7-9-30-23(14)18)25(28,29)31-10-8-17(35-13-21(26)27)12-19(31)15-3-5-16(6-4-15)24(32)33/h3-7,9,11,17,19,21,30H,8,10,12-13H2,1-2H3,(H,32,33)/t17-,19-/m0/s1. The molecular formula is C25H26F4N2O4. The summed E-state index contributed by atoms with van der Waals surface area (Å²) in [7, 11) is 1.33. The molecular weight excluding hydrogens is 468 g/mol. The molecule has 3 aromatic rings. The van der Waals surface area contributed by atoms with Gasteiger partial charge in [0.25, 0.3) is 6.43 Å². The number of fused-ring (bicyclic) bond motifs is 1. The smallest absolute Gasteiger partial charge is 0.336 e. The Kier molecular flexibility index (Phi) is 7.05. The average molecular weight is 494 g/mol. The second-order valence-electron chi connectivity index (χ2n) is 8.59. The van der Waals surface area contributed by atoms with Crippen molar-refractivity contribution in [1.82, 2.24) is 9.88 Å². The van der Waals surface area contributed by atoms with Crippen molar-refractivity contribution in [3.05, 3.63) is 64.8 Å². The largest absolute Gasteiger partial charge is 0.496 e. The van der Waals surface area contributed by atoms with E-state index in [9.17, 15) is 18.7 Å². The quantitative estimate of drug-likeness (QED) is 0.310. The van der Waals surface area contributed by atoms with Gasteiger partial charge in [-0.05, 0) is 55.2 Å². The Morgan fingerprint density at radius 1 is 1.26 bits per heavy atom. The lowest BCUT2D eigenvalue weighted by Crippen LogP contribution is -2.48. The fourth-order valence-corrected chi connectivity index (χ4v) is 4.79. The van der Waals surface area contributed by atoms with E-state index in [1.165, 1.54) is 31.4 Å². The number of likely N-dealkylation sites (tertiary alicyclic amines) is 1. The number of nitrogens with one attached hydrogen (secondary N) is 1. The molecule has 2 heterocycles. The molecule has 0 amide bonds. The van der Waals surface area contributed by atoms with Crippen LogP contribution in [0.5, 0.6) is 5.75 Å². The number of hydrogen-bond acceptors (Lipinski definition) is 4. The molecule has 35 heavy (non-hydrogen) atoms. The van der Waals surface area contributed by atoms with Crippen LogP contribution >= 0.6 is 0 Å². The summed E-state index contributed by atoms with van der Waals surface area (Å²) in [6.07, 6.45) is -1.55. The van der Waals surface area contributed by atoms with Gasteiger partial charge in [-0.15, -0.1) is 0 Å². The molecule has 1 fully saturated rings. The maximum Gasteiger partial charge on any atom is 0.336 e. The lowest BCUT2D eigenvalue weighted by molar-refractivity contribution is -0.197. The van der Waals surface area contributed by atoms with Crippen LogP contribution in [0.1, 0.15) is 45.9 Å². The molecule has 10 heteroatoms. The summed E-state index contributed by atoms with van der Waals surface area (Å²) < 4.78 is 68.9. The molecule has 1 aliphatic rings. The van der Waals surface area contributed by atoms with Crippen LogP contribution in [0.3, 0.4) is 0 Å². The maximum atomic E-state index is 16.4. The van der Waals surface area contributed by atoms with Gasteiger partial charge in [0.1, 0.15) is 12.4 Å². The number of aryl methyl sites for hydroxylation is 1. The van der Waals surface area contributed by atoms with Gasteiger partial charge < -0.3 is 19.6 Å². The number of ether oxygens (including phenoxy) is 2. The number of aromatic amines is 1. The fraction of sp³-hybridized carbons (Fsp3) is 0.400. The van der Waals surface area contributed by atoms with Crippen molar-refractivity contribution >= 4 is 16.9 Å². The Morgan fingerprint density at radius 3 is 2.60 bits per heavy atom. The normalized spacial score (nSPS) is 19.4. The van der Waals surface area contributed by atoms with Crippen LogP contribution in [0, 0.1) is 6.92 Å². The van der Waals surface area contributed by atoms with Crippen molar-refractivity contribution in [1.29, 1.82) is 0 Å². The van der Waals surface area contributed by atoms with E-state index in [0.717, 1.165) is 10.5 Å². The first kappa shape index (κ1) is 25.0. The lowest BCUT2D eigenvalue weighted by Gasteiger charge is -2.44. The minimum Gasteiger partial charge on any atom is -0.496 e. The third-order valence-corrected chi connectivity index (χ3v) is 6.44. The van der Waals surface area contributed by atoms with Crippen LogP contribution in [0.15, 0.2) is 42.6 Å². The Labute approximate surface area is 199 Å². The number of H-pyrrole nitrogens is 1. The number of carboxylic acid groups (broad SMARTS) is 1. The molecule has 1 aliphatic heterocycles. The van der Waals surface area contributed by atoms with E-state index >= 15 is 8.78 Å². The summed E-state index contributed by atoms with van der Waals surface area (Å²) in [5.74, 6) is -1.10. The number of carboxylic acids is 1. The summed E-state index contributed by atoms with van der Waals surface area (Å²) >= 11 is 0. The second-order valence-corrected chi connectivity index (χ2v) is 8.59. The third-order valence-electron chi connectivity index (χ3n) is 6.44. The zero-order valence-electron chi connectivity index (χ0n) is 19.2. The molecule has 2 atom stereocenters. The molecule has 1 aromatic heterocycles. The van der Waals surface area contributed by atoms with E-state index in [1.54, 1.807) is 25.3 Å². The summed E-state index contributed by atoms with van der Waals surface area (Å²) in [5, 5.41) is 9.52. The van der Waals surface area contributed by atoms with Crippen LogP contribution in [0.2, 0.25) is 0 Å². The Balaban J connectivity index is 1.77. The fourth-order valence-electron chi connectivity index (χ4n) is 4.79. The van der Waals surface area contributed by atoms with Crippen molar-refractivity contribution in [3.8, 4) is 5.75 Å². The van der Waals surface area contributed by atoms with Crippen molar-refractivity contribution in [3.63, 3.8) is 0 Å². The van der Waals surface area contributed by atoms with E-state index in [2.05, 4.69) is 4.98 Å². The summed E-state index contributed by atoms with van der Waals surface area (Å²) in [6, 6.07) is 4.35. The van der Waals surface area contributed by atoms with Crippen molar-refractivity contribution in [2.75, 3.05) is 20.3 Å². The summed E-state index contributed by atoms with van der Waals surface area (Å²) in [4.78, 5) is 15.3. The van der Waals surface area contributed by atoms with Crippen molar-refractivity contribution in [2.24, 2.45) is 0 Å². The zero-order chi connectivity index (χ0) is 25.3. The molecule has 2 aromatic carbocycles. The first-order chi connectivity index (χ1) is 16.6. The van der Waals surface area contributed by atoms with Crippen LogP contribution in [-0.2, 0) is 10.8 Å². The SMILES string of the molecule is COc1cc(C)c2[nH]ccc2c1C(F)(F)N1CC[C@H](OCC(F)F)C[C@H]1c1ccc(C(=O)O)cc1. The highest BCUT2D eigenvalue weighted by Gasteiger charge is 2.49. The highest BCUT2D eigenvalue weighted by Crippen LogP contribution is 2.49. The first-order valence-electron chi connectivity index (χ1n) is 11.2. The van der Waals surface area contributed by atoms with E-state index in [-0.39, 0.29) is 36.3 Å². The van der Waals surface area contributed by atoms with Crippen molar-refractivity contribution in [2.45, 2.75) is 44.4 Å². The van der Waals surface area contributed by atoms with Crippen LogP contribution < -0.4 is 4.74 Å². The van der Waals surface area contributed by atoms with Gasteiger partial charge in [-0.25, -0.2) is 18.5 Å². The predicted molar refractivity (Wildman–Crippen MR) is 121 cm³/mol. The number of halogens is 4. The highest BCUT2D eigenvalue weighted by molar-refractivity contribution is 5.89. The van der Waals surface area contributed by atoms with Crippen LogP contribution in [0.25, 0.3) is 10.9 Å². The molecule has 0 bridgehead atoms. The molecule has 0 unspecified atom stereocenters.